The Morgan fingerprint density at radius 1 is 1.35 bits per heavy atom. The maximum absolute atomic E-state index is 12.1. The molecule has 2 amide bonds. The molecule has 0 aromatic carbocycles. The average Bonchev–Trinajstić information content (AvgIpc) is 2.24. The van der Waals surface area contributed by atoms with Gasteiger partial charge in [0.15, 0.2) is 0 Å². The summed E-state index contributed by atoms with van der Waals surface area (Å²) in [4.78, 5) is 35.2. The van der Waals surface area contributed by atoms with E-state index in [9.17, 15) is 19.5 Å². The molecule has 0 rings (SSSR count). The van der Waals surface area contributed by atoms with E-state index < -0.39 is 23.7 Å². The number of thiol groups is 1. The lowest BCUT2D eigenvalue weighted by Crippen LogP contribution is -2.51. The quantitative estimate of drug-likeness (QED) is 0.504. The molecular formula is C12H22N2O5S. The molecular weight excluding hydrogens is 284 g/mol. The number of nitrogens with zero attached hydrogens (tertiary/aromatic N) is 1. The Morgan fingerprint density at radius 3 is 2.25 bits per heavy atom. The van der Waals surface area contributed by atoms with Gasteiger partial charge >= 0.3 is 12.1 Å². The number of amides is 2. The molecule has 0 heterocycles. The van der Waals surface area contributed by atoms with Crippen LogP contribution in [-0.4, -0.2) is 52.0 Å². The van der Waals surface area contributed by atoms with Crippen LogP contribution in [-0.2, 0) is 14.3 Å². The van der Waals surface area contributed by atoms with Crippen molar-refractivity contribution < 1.29 is 24.2 Å². The normalized spacial score (nSPS) is 12.4. The number of hydrogen-bond donors (Lipinski definition) is 3. The van der Waals surface area contributed by atoms with Crippen molar-refractivity contribution in [3.8, 4) is 0 Å². The standard InChI is InChI=1S/C12H22N2O5S/c1-8(15)13-7-14(9(5-6-20)10(16)17)11(18)19-12(2,3)4/h9,20H,5-7H2,1-4H3,(H,13,15)(H,16,17)/t9-/m0/s1. The average molecular weight is 306 g/mol. The number of hydrogen-bond acceptors (Lipinski definition) is 5. The minimum Gasteiger partial charge on any atom is -0.480 e. The summed E-state index contributed by atoms with van der Waals surface area (Å²) in [7, 11) is 0. The van der Waals surface area contributed by atoms with E-state index in [4.69, 9.17) is 4.74 Å². The number of carboxylic acids is 1. The van der Waals surface area contributed by atoms with Crippen LogP contribution >= 0.6 is 12.6 Å². The fourth-order valence-corrected chi connectivity index (χ4v) is 1.60. The monoisotopic (exact) mass is 306 g/mol. The van der Waals surface area contributed by atoms with E-state index in [2.05, 4.69) is 17.9 Å². The molecule has 0 saturated carbocycles. The van der Waals surface area contributed by atoms with E-state index in [1.807, 2.05) is 0 Å². The molecule has 20 heavy (non-hydrogen) atoms. The second kappa shape index (κ2) is 7.98. The lowest BCUT2D eigenvalue weighted by Gasteiger charge is -2.31. The molecule has 2 N–H and O–H groups in total. The maximum atomic E-state index is 12.1. The Morgan fingerprint density at radius 2 is 1.90 bits per heavy atom. The Labute approximate surface area is 124 Å². The van der Waals surface area contributed by atoms with Gasteiger partial charge in [-0.25, -0.2) is 9.59 Å². The summed E-state index contributed by atoms with van der Waals surface area (Å²) in [6.45, 7) is 6.08. The van der Waals surface area contributed by atoms with Gasteiger partial charge in [-0.05, 0) is 32.9 Å². The fraction of sp³-hybridized carbons (Fsp3) is 0.750. The number of carboxylic acid groups (broad SMARTS) is 1. The molecule has 0 spiro atoms. The van der Waals surface area contributed by atoms with Gasteiger partial charge in [-0.15, -0.1) is 0 Å². The third-order valence-corrected chi connectivity index (χ3v) is 2.45. The lowest BCUT2D eigenvalue weighted by atomic mass is 10.2. The Bertz CT molecular complexity index is 367. The van der Waals surface area contributed by atoms with Gasteiger partial charge in [-0.1, -0.05) is 0 Å². The molecule has 0 radical (unpaired) electrons. The van der Waals surface area contributed by atoms with Gasteiger partial charge in [-0.2, -0.15) is 12.6 Å². The molecule has 8 heteroatoms. The highest BCUT2D eigenvalue weighted by Crippen LogP contribution is 2.13. The zero-order chi connectivity index (χ0) is 15.9. The highest BCUT2D eigenvalue weighted by atomic mass is 32.1. The van der Waals surface area contributed by atoms with Crippen LogP contribution in [0.25, 0.3) is 0 Å². The fourth-order valence-electron chi connectivity index (χ4n) is 1.35. The van der Waals surface area contributed by atoms with E-state index in [0.717, 1.165) is 4.90 Å². The second-order valence-corrected chi connectivity index (χ2v) is 5.65. The van der Waals surface area contributed by atoms with E-state index in [1.165, 1.54) is 6.92 Å². The van der Waals surface area contributed by atoms with Gasteiger partial charge < -0.3 is 15.2 Å². The number of nitrogens with one attached hydrogen (secondary N) is 1. The molecule has 0 bridgehead atoms. The van der Waals surface area contributed by atoms with Crippen LogP contribution in [0.15, 0.2) is 0 Å². The van der Waals surface area contributed by atoms with Gasteiger partial charge in [0.1, 0.15) is 11.6 Å². The lowest BCUT2D eigenvalue weighted by molar-refractivity contribution is -0.143. The van der Waals surface area contributed by atoms with Crippen molar-refractivity contribution in [3.05, 3.63) is 0 Å². The Hall–Kier alpha value is -1.44. The van der Waals surface area contributed by atoms with Gasteiger partial charge in [-0.3, -0.25) is 9.69 Å². The summed E-state index contributed by atoms with van der Waals surface area (Å²) in [6.07, 6.45) is -0.641. The minimum absolute atomic E-state index is 0.150. The SMILES string of the molecule is CC(=O)NCN(C(=O)OC(C)(C)C)[C@@H](CCS)C(=O)O. The molecule has 7 nitrogen and oxygen atoms in total. The molecule has 0 aliphatic rings. The smallest absolute Gasteiger partial charge is 0.412 e. The number of carbonyl (C=O) groups is 3. The first-order valence-electron chi connectivity index (χ1n) is 6.16. The molecule has 0 unspecified atom stereocenters. The molecule has 0 aliphatic heterocycles. The highest BCUT2D eigenvalue weighted by Gasteiger charge is 2.32. The first-order valence-corrected chi connectivity index (χ1v) is 6.79. The van der Waals surface area contributed by atoms with Crippen molar-refractivity contribution in [3.63, 3.8) is 0 Å². The van der Waals surface area contributed by atoms with E-state index in [1.54, 1.807) is 20.8 Å². The van der Waals surface area contributed by atoms with Crippen LogP contribution in [0.5, 0.6) is 0 Å². The van der Waals surface area contributed by atoms with E-state index >= 15 is 0 Å². The summed E-state index contributed by atoms with van der Waals surface area (Å²) < 4.78 is 5.16. The minimum atomic E-state index is -1.17. The van der Waals surface area contributed by atoms with Gasteiger partial charge in [0, 0.05) is 6.92 Å². The largest absolute Gasteiger partial charge is 0.480 e. The molecule has 1 atom stereocenters. The summed E-state index contributed by atoms with van der Waals surface area (Å²) in [5, 5.41) is 11.6. The zero-order valence-electron chi connectivity index (χ0n) is 12.2. The Kier molecular flexibility index (Phi) is 7.41. The third kappa shape index (κ3) is 7.22. The van der Waals surface area contributed by atoms with Gasteiger partial charge in [0.2, 0.25) is 5.91 Å². The number of aliphatic carboxylic acids is 1. The van der Waals surface area contributed by atoms with Crippen LogP contribution in [0.1, 0.15) is 34.1 Å². The first kappa shape index (κ1) is 18.6. The predicted molar refractivity (Wildman–Crippen MR) is 76.7 cm³/mol. The summed E-state index contributed by atoms with van der Waals surface area (Å²) in [6, 6.07) is -1.10. The topological polar surface area (TPSA) is 95.9 Å². The van der Waals surface area contributed by atoms with Crippen molar-refractivity contribution in [2.45, 2.75) is 45.8 Å². The predicted octanol–water partition coefficient (Wildman–Crippen LogP) is 1.09. The van der Waals surface area contributed by atoms with Crippen molar-refractivity contribution in [2.24, 2.45) is 0 Å². The van der Waals surface area contributed by atoms with Crippen molar-refractivity contribution >= 4 is 30.6 Å². The summed E-state index contributed by atoms with van der Waals surface area (Å²) >= 11 is 3.98. The van der Waals surface area contributed by atoms with Gasteiger partial charge in [0.05, 0.1) is 6.67 Å². The molecule has 0 saturated heterocycles. The van der Waals surface area contributed by atoms with E-state index in [-0.39, 0.29) is 24.7 Å². The number of carbonyl (C=O) groups excluding carboxylic acids is 2. The third-order valence-electron chi connectivity index (χ3n) is 2.19. The molecule has 0 aromatic rings. The van der Waals surface area contributed by atoms with Crippen LogP contribution < -0.4 is 5.32 Å². The van der Waals surface area contributed by atoms with E-state index in [0.29, 0.717) is 0 Å². The maximum Gasteiger partial charge on any atom is 0.412 e. The van der Waals surface area contributed by atoms with Crippen molar-refractivity contribution in [2.75, 3.05) is 12.4 Å². The van der Waals surface area contributed by atoms with Gasteiger partial charge in [0.25, 0.3) is 0 Å². The van der Waals surface area contributed by atoms with Crippen molar-refractivity contribution in [1.29, 1.82) is 0 Å². The second-order valence-electron chi connectivity index (χ2n) is 5.21. The highest BCUT2D eigenvalue weighted by molar-refractivity contribution is 7.80. The Balaban J connectivity index is 5.07. The van der Waals surface area contributed by atoms with Crippen LogP contribution in [0.2, 0.25) is 0 Å². The first-order chi connectivity index (χ1) is 9.08. The van der Waals surface area contributed by atoms with Crippen LogP contribution in [0.4, 0.5) is 4.79 Å². The summed E-state index contributed by atoms with van der Waals surface area (Å²) in [5.74, 6) is -1.25. The van der Waals surface area contributed by atoms with Crippen LogP contribution in [0.3, 0.4) is 0 Å². The molecule has 0 aromatic heterocycles. The van der Waals surface area contributed by atoms with Crippen LogP contribution in [0, 0.1) is 0 Å². The summed E-state index contributed by atoms with van der Waals surface area (Å²) in [5.41, 5.74) is -0.754. The zero-order valence-corrected chi connectivity index (χ0v) is 13.1. The molecule has 0 aliphatic carbocycles. The molecule has 0 fully saturated rings. The van der Waals surface area contributed by atoms with Crippen molar-refractivity contribution in [1.82, 2.24) is 10.2 Å². The molecule has 116 valence electrons. The number of rotatable bonds is 6. The number of ether oxygens (including phenoxy) is 1.